The number of rotatable bonds is 18. The number of fused-ring (bicyclic) bond motifs is 5. The van der Waals surface area contributed by atoms with Crippen LogP contribution in [0.2, 0.25) is 0 Å². The van der Waals surface area contributed by atoms with Crippen LogP contribution in [-0.2, 0) is 81.0 Å². The summed E-state index contributed by atoms with van der Waals surface area (Å²) in [5.41, 5.74) is -0.509. The van der Waals surface area contributed by atoms with E-state index in [1.54, 1.807) is 6.92 Å². The molecule has 0 aromatic rings. The molecule has 32 atom stereocenters. The number of esters is 1. The smallest absolute Gasteiger partial charge is 0.397 e. The molecule has 3 saturated carbocycles. The molecular formula is C57H92O30S. The molecule has 13 N–H and O–H groups in total. The molecule has 8 fully saturated rings. The molecule has 9 rings (SSSR count). The standard InChI is InChI=1S/C57H92O30S/c1-22(60)34-27(79-24(3)61)13-17-56(7)26-10-11-32-54(4,5)33(14-15-55(32,6)25(26)12-16-57(34,56)8)84-53-48(87-49-42(69)40(67)45(23(2)78-49)85-50-41(68)39(66)35(62)28(18-58)80-50)38(65)30(20-76-53)82-51-44(71)47(37(64)31(83-51)21-77-88(72,73)74)86-52-43(70)46(75-9)36(63)29(19-59)81-52/h12,23,26-53,58-59,62-71H,10-11,13-21H2,1-9H3,(H,72,73,74)/t23?,26?,27-,28?,29?,30?,31?,32?,33?,34?,35?,36?,37?,38?,39?,40?,41?,42?,43?,44?,45?,46?,47?,48?,49?,50?,51?,52?,53?,55?,56+,57?/m1/s1. The fourth-order valence-corrected chi connectivity index (χ4v) is 16.8. The monoisotopic (exact) mass is 1290 g/mol. The quantitative estimate of drug-likeness (QED) is 0.0277. The molecule has 5 heterocycles. The van der Waals surface area contributed by atoms with E-state index in [1.807, 2.05) is 0 Å². The van der Waals surface area contributed by atoms with Crippen molar-refractivity contribution >= 4 is 22.2 Å². The Labute approximate surface area is 510 Å². The Bertz CT molecular complexity index is 2560. The van der Waals surface area contributed by atoms with Crippen molar-refractivity contribution in [3.05, 3.63) is 11.6 Å². The lowest BCUT2D eigenvalue weighted by Gasteiger charge is -2.67. The van der Waals surface area contributed by atoms with Crippen molar-refractivity contribution in [2.24, 2.45) is 39.4 Å². The van der Waals surface area contributed by atoms with Crippen LogP contribution in [0.4, 0.5) is 0 Å². The fourth-order valence-electron chi connectivity index (χ4n) is 16.5. The van der Waals surface area contributed by atoms with Crippen molar-refractivity contribution in [3.8, 4) is 0 Å². The van der Waals surface area contributed by atoms with E-state index >= 15 is 0 Å². The lowest BCUT2D eigenvalue weighted by Crippen LogP contribution is -2.67. The van der Waals surface area contributed by atoms with Crippen LogP contribution in [0, 0.1) is 39.4 Å². The van der Waals surface area contributed by atoms with Gasteiger partial charge in [0.2, 0.25) is 0 Å². The highest BCUT2D eigenvalue weighted by Crippen LogP contribution is 2.71. The number of aliphatic hydroxyl groups excluding tert-OH is 12. The van der Waals surface area contributed by atoms with E-state index in [2.05, 4.69) is 44.9 Å². The lowest BCUT2D eigenvalue weighted by atomic mass is 9.37. The van der Waals surface area contributed by atoms with Gasteiger partial charge in [0.25, 0.3) is 0 Å². The Hall–Kier alpha value is -2.17. The predicted octanol–water partition coefficient (Wildman–Crippen LogP) is -3.26. The Morgan fingerprint density at radius 3 is 1.78 bits per heavy atom. The molecule has 9 aliphatic rings. The minimum absolute atomic E-state index is 0.00687. The van der Waals surface area contributed by atoms with Crippen LogP contribution >= 0.6 is 0 Å². The summed E-state index contributed by atoms with van der Waals surface area (Å²) in [5, 5.41) is 133. The number of Topliss-reactive ketones (excluding diaryl/α,β-unsaturated/α-hetero) is 1. The predicted molar refractivity (Wildman–Crippen MR) is 292 cm³/mol. The first kappa shape index (κ1) is 70.2. The van der Waals surface area contributed by atoms with Crippen LogP contribution in [0.5, 0.6) is 0 Å². The Morgan fingerprint density at radius 2 is 1.16 bits per heavy atom. The number of carbonyl (C=O) groups excluding carboxylic acids is 2. The molecule has 0 aromatic carbocycles. The van der Waals surface area contributed by atoms with Gasteiger partial charge in [-0.05, 0) is 92.3 Å². The third-order valence-electron chi connectivity index (χ3n) is 21.4. The van der Waals surface area contributed by atoms with E-state index < -0.39 is 219 Å². The summed E-state index contributed by atoms with van der Waals surface area (Å²) in [5.74, 6) is -0.836. The summed E-state index contributed by atoms with van der Waals surface area (Å²) in [7, 11) is -4.06. The molecule has 0 aromatic heterocycles. The number of ether oxygens (including phenoxy) is 12. The SMILES string of the molecule is COC1C(O)C(CO)OC(OC2C(O)C(COS(=O)(=O)O)OC(OC3COC(OC4CCC5(C)C6=CCC7(C)C(C(C)=O)[C@H](OC(C)=O)CC[C@@]7(C)C6CCC5C4(C)C)C(OC4OC(C)C(OC5OC(CO)C(O)C(O)C5O)C(O)C4O)C3O)C2O)C1O. The van der Waals surface area contributed by atoms with Gasteiger partial charge >= 0.3 is 16.4 Å². The van der Waals surface area contributed by atoms with E-state index in [-0.39, 0.29) is 28.4 Å². The first-order chi connectivity index (χ1) is 41.2. The van der Waals surface area contributed by atoms with Gasteiger partial charge in [0.1, 0.15) is 122 Å². The van der Waals surface area contributed by atoms with Gasteiger partial charge in [-0.15, -0.1) is 0 Å². The van der Waals surface area contributed by atoms with Gasteiger partial charge in [-0.2, -0.15) is 8.42 Å². The average molecular weight is 1290 g/mol. The zero-order valence-corrected chi connectivity index (χ0v) is 51.6. The minimum atomic E-state index is -5.20. The second-order valence-corrected chi connectivity index (χ2v) is 27.8. The van der Waals surface area contributed by atoms with Crippen LogP contribution in [0.15, 0.2) is 11.6 Å². The largest absolute Gasteiger partial charge is 0.462 e. The summed E-state index contributed by atoms with van der Waals surface area (Å²) < 4.78 is 109. The molecule has 88 heavy (non-hydrogen) atoms. The highest BCUT2D eigenvalue weighted by atomic mass is 32.3. The van der Waals surface area contributed by atoms with Crippen molar-refractivity contribution in [2.45, 2.75) is 260 Å². The van der Waals surface area contributed by atoms with Crippen molar-refractivity contribution in [1.82, 2.24) is 0 Å². The van der Waals surface area contributed by atoms with Gasteiger partial charge in [-0.1, -0.05) is 46.3 Å². The number of aliphatic hydroxyl groups is 12. The van der Waals surface area contributed by atoms with Crippen LogP contribution in [-0.4, -0.2) is 279 Å². The highest BCUT2D eigenvalue weighted by Gasteiger charge is 2.67. The van der Waals surface area contributed by atoms with Crippen molar-refractivity contribution in [2.75, 3.05) is 33.5 Å². The summed E-state index contributed by atoms with van der Waals surface area (Å²) in [4.78, 5) is 25.8. The second-order valence-electron chi connectivity index (χ2n) is 26.8. The summed E-state index contributed by atoms with van der Waals surface area (Å²) >= 11 is 0. The maximum Gasteiger partial charge on any atom is 0.397 e. The van der Waals surface area contributed by atoms with Crippen molar-refractivity contribution < 1.29 is 145 Å². The maximum absolute atomic E-state index is 13.6. The van der Waals surface area contributed by atoms with E-state index in [4.69, 9.17) is 56.8 Å². The first-order valence-corrected chi connectivity index (χ1v) is 31.6. The highest BCUT2D eigenvalue weighted by molar-refractivity contribution is 7.80. The fraction of sp³-hybridized carbons (Fsp3) is 0.930. The molecule has 5 saturated heterocycles. The first-order valence-electron chi connectivity index (χ1n) is 30.2. The van der Waals surface area contributed by atoms with E-state index in [0.717, 1.165) is 26.4 Å². The van der Waals surface area contributed by atoms with Gasteiger partial charge in [0.05, 0.1) is 44.6 Å². The molecule has 31 heteroatoms. The van der Waals surface area contributed by atoms with Gasteiger partial charge in [-0.3, -0.25) is 14.1 Å². The molecule has 30 nitrogen and oxygen atoms in total. The van der Waals surface area contributed by atoms with Gasteiger partial charge < -0.3 is 118 Å². The van der Waals surface area contributed by atoms with Gasteiger partial charge in [-0.25, -0.2) is 4.18 Å². The molecule has 5 aliphatic heterocycles. The van der Waals surface area contributed by atoms with Crippen LogP contribution in [0.3, 0.4) is 0 Å². The summed E-state index contributed by atoms with van der Waals surface area (Å²) in [6, 6.07) is 0. The Morgan fingerprint density at radius 1 is 0.591 bits per heavy atom. The third kappa shape index (κ3) is 12.9. The lowest BCUT2D eigenvalue weighted by molar-refractivity contribution is -0.394. The van der Waals surface area contributed by atoms with E-state index in [1.165, 1.54) is 19.4 Å². The molecule has 0 amide bonds. The maximum atomic E-state index is 13.6. The molecule has 0 radical (unpaired) electrons. The molecule has 506 valence electrons. The number of allylic oxidation sites excluding steroid dienone is 2. The number of carbonyl (C=O) groups is 2. The average Bonchev–Trinajstić information content (AvgIpc) is 0.719. The summed E-state index contributed by atoms with van der Waals surface area (Å²) in [6.45, 7) is 11.9. The zero-order chi connectivity index (χ0) is 64.7. The van der Waals surface area contributed by atoms with Crippen LogP contribution < -0.4 is 0 Å². The van der Waals surface area contributed by atoms with Gasteiger partial charge in [0, 0.05) is 14.0 Å². The van der Waals surface area contributed by atoms with Crippen LogP contribution in [0.1, 0.15) is 100 Å². The van der Waals surface area contributed by atoms with Gasteiger partial charge in [0.15, 0.2) is 31.5 Å². The summed E-state index contributed by atoms with van der Waals surface area (Å²) in [6.07, 6.45) is -36.6. The zero-order valence-electron chi connectivity index (χ0n) is 50.8. The molecule has 30 unspecified atom stereocenters. The molecule has 0 bridgehead atoms. The molecular weight excluding hydrogens is 1200 g/mol. The Kier molecular flexibility index (Phi) is 21.5. The number of hydrogen-bond donors (Lipinski definition) is 13. The second kappa shape index (κ2) is 26.9. The normalized spacial score (nSPS) is 50.6. The topological polar surface area (TPSA) is 451 Å². The number of methoxy groups -OCH3 is 1. The number of hydrogen-bond acceptors (Lipinski definition) is 29. The molecule has 4 aliphatic carbocycles. The Balaban J connectivity index is 0.983. The van der Waals surface area contributed by atoms with Crippen LogP contribution in [0.25, 0.3) is 0 Å². The van der Waals surface area contributed by atoms with E-state index in [9.17, 15) is 83.8 Å². The van der Waals surface area contributed by atoms with Crippen molar-refractivity contribution in [3.63, 3.8) is 0 Å². The molecule has 0 spiro atoms. The van der Waals surface area contributed by atoms with E-state index in [0.29, 0.717) is 25.7 Å². The number of ketones is 1. The van der Waals surface area contributed by atoms with Crippen molar-refractivity contribution in [1.29, 1.82) is 0 Å². The third-order valence-corrected chi connectivity index (χ3v) is 21.9. The minimum Gasteiger partial charge on any atom is -0.462 e.